The van der Waals surface area contributed by atoms with E-state index in [1.165, 1.54) is 15.5 Å². The average molecular weight is 195 g/mol. The van der Waals surface area contributed by atoms with Crippen LogP contribution < -0.4 is 5.69 Å². The molecule has 0 saturated heterocycles. The van der Waals surface area contributed by atoms with Crippen LogP contribution in [-0.4, -0.2) is 20.2 Å². The number of rotatable bonds is 0. The summed E-state index contributed by atoms with van der Waals surface area (Å²) in [6, 6.07) is -0.360. The van der Waals surface area contributed by atoms with Crippen molar-refractivity contribution in [3.63, 3.8) is 0 Å². The van der Waals surface area contributed by atoms with Gasteiger partial charge in [-0.1, -0.05) is 4.91 Å². The zero-order valence-electron chi connectivity index (χ0n) is 8.26. The normalized spacial score (nSPS) is 19.9. The standard InChI is InChI=1S/C8H11N4O2/c1-5-6-7(9-4-12(5)14)11(3)8(13)10(6)2/h4-5H,1-3H3/q+1. The lowest BCUT2D eigenvalue weighted by molar-refractivity contribution is -0.471. The van der Waals surface area contributed by atoms with Gasteiger partial charge in [0.15, 0.2) is 6.04 Å². The highest BCUT2D eigenvalue weighted by Crippen LogP contribution is 2.28. The van der Waals surface area contributed by atoms with Gasteiger partial charge in [0.05, 0.1) is 0 Å². The molecule has 74 valence electrons. The fraction of sp³-hybridized carbons (Fsp3) is 0.500. The van der Waals surface area contributed by atoms with E-state index in [1.54, 1.807) is 21.0 Å². The molecule has 1 aliphatic heterocycles. The maximum Gasteiger partial charge on any atom is 0.331 e. The van der Waals surface area contributed by atoms with Gasteiger partial charge in [0.2, 0.25) is 0 Å². The number of nitrogens with zero attached hydrogens (tertiary/aromatic N) is 4. The molecule has 0 aliphatic carbocycles. The zero-order valence-corrected chi connectivity index (χ0v) is 8.26. The number of fused-ring (bicyclic) bond motifs is 1. The second-order valence-corrected chi connectivity index (χ2v) is 3.39. The molecule has 6 heteroatoms. The molecule has 14 heavy (non-hydrogen) atoms. The third-order valence-corrected chi connectivity index (χ3v) is 2.55. The van der Waals surface area contributed by atoms with Crippen molar-refractivity contribution in [3.8, 4) is 0 Å². The molecule has 0 saturated carbocycles. The molecule has 1 unspecified atom stereocenters. The minimum absolute atomic E-state index is 0.158. The minimum Gasteiger partial charge on any atom is -0.291 e. The van der Waals surface area contributed by atoms with E-state index in [2.05, 4.69) is 4.99 Å². The lowest BCUT2D eigenvalue weighted by Gasteiger charge is -2.07. The van der Waals surface area contributed by atoms with E-state index >= 15 is 0 Å². The molecule has 6 nitrogen and oxygen atoms in total. The number of aliphatic imine (C=N–C) groups is 1. The Labute approximate surface area is 80.1 Å². The van der Waals surface area contributed by atoms with Crippen LogP contribution in [0.15, 0.2) is 9.79 Å². The maximum atomic E-state index is 11.5. The van der Waals surface area contributed by atoms with E-state index in [9.17, 15) is 9.70 Å². The van der Waals surface area contributed by atoms with Gasteiger partial charge >= 0.3 is 12.0 Å². The van der Waals surface area contributed by atoms with Crippen LogP contribution in [0.4, 0.5) is 5.82 Å². The largest absolute Gasteiger partial charge is 0.331 e. The predicted octanol–water partition coefficient (Wildman–Crippen LogP) is 0.237. The Hall–Kier alpha value is -1.72. The van der Waals surface area contributed by atoms with Crippen molar-refractivity contribution >= 4 is 12.2 Å². The summed E-state index contributed by atoms with van der Waals surface area (Å²) in [4.78, 5) is 26.7. The Morgan fingerprint density at radius 1 is 1.43 bits per heavy atom. The van der Waals surface area contributed by atoms with Crippen LogP contribution in [-0.2, 0) is 14.1 Å². The highest BCUT2D eigenvalue weighted by atomic mass is 16.3. The lowest BCUT2D eigenvalue weighted by atomic mass is 10.2. The van der Waals surface area contributed by atoms with Crippen molar-refractivity contribution < 1.29 is 4.76 Å². The fourth-order valence-corrected chi connectivity index (χ4v) is 1.69. The second kappa shape index (κ2) is 2.63. The van der Waals surface area contributed by atoms with Crippen molar-refractivity contribution in [1.29, 1.82) is 0 Å². The first-order valence-electron chi connectivity index (χ1n) is 4.29. The lowest BCUT2D eigenvalue weighted by Crippen LogP contribution is -2.22. The minimum atomic E-state index is -0.360. The summed E-state index contributed by atoms with van der Waals surface area (Å²) >= 11 is 0. The van der Waals surface area contributed by atoms with Crippen LogP contribution in [0.2, 0.25) is 0 Å². The van der Waals surface area contributed by atoms with Crippen molar-refractivity contribution in [2.45, 2.75) is 13.0 Å². The topological polar surface area (TPSA) is 59.4 Å². The number of hydrogen-bond acceptors (Lipinski definition) is 3. The summed E-state index contributed by atoms with van der Waals surface area (Å²) in [7, 11) is 3.29. The van der Waals surface area contributed by atoms with Gasteiger partial charge in [-0.15, -0.1) is 0 Å². The number of nitroso groups, excluding NO2 is 1. The summed E-state index contributed by atoms with van der Waals surface area (Å²) in [5, 5.41) is 0. The highest BCUT2D eigenvalue weighted by molar-refractivity contribution is 5.57. The summed E-state index contributed by atoms with van der Waals surface area (Å²) < 4.78 is 3.64. The molecule has 1 aliphatic rings. The second-order valence-electron chi connectivity index (χ2n) is 3.39. The van der Waals surface area contributed by atoms with Crippen LogP contribution in [0.25, 0.3) is 0 Å². The van der Waals surface area contributed by atoms with Gasteiger partial charge in [0.25, 0.3) is 5.82 Å². The predicted molar refractivity (Wildman–Crippen MR) is 50.8 cm³/mol. The fourth-order valence-electron chi connectivity index (χ4n) is 1.69. The van der Waals surface area contributed by atoms with E-state index in [-0.39, 0.29) is 11.7 Å². The molecule has 0 bridgehead atoms. The Balaban J connectivity index is 2.81. The van der Waals surface area contributed by atoms with Crippen molar-refractivity contribution in [2.24, 2.45) is 19.1 Å². The third kappa shape index (κ3) is 0.905. The van der Waals surface area contributed by atoms with Gasteiger partial charge in [-0.05, 0) is 16.7 Å². The SMILES string of the molecule is CC1c2c(n(C)c(=O)n2C)N=C[N+]1=O. The van der Waals surface area contributed by atoms with Gasteiger partial charge in [0.1, 0.15) is 5.69 Å². The maximum absolute atomic E-state index is 11.5. The molecule has 0 N–H and O–H groups in total. The molecular weight excluding hydrogens is 184 g/mol. The van der Waals surface area contributed by atoms with Gasteiger partial charge in [-0.25, -0.2) is 4.79 Å². The number of imidazole rings is 1. The smallest absolute Gasteiger partial charge is 0.291 e. The van der Waals surface area contributed by atoms with E-state index in [1.807, 2.05) is 0 Å². The first-order valence-corrected chi connectivity index (χ1v) is 4.29. The molecule has 0 radical (unpaired) electrons. The Bertz CT molecular complexity index is 494. The number of aromatic nitrogens is 2. The number of hydrogen-bond donors (Lipinski definition) is 0. The van der Waals surface area contributed by atoms with E-state index in [0.29, 0.717) is 11.5 Å². The van der Waals surface area contributed by atoms with Crippen LogP contribution in [0.5, 0.6) is 0 Å². The molecule has 1 atom stereocenters. The van der Waals surface area contributed by atoms with Crippen LogP contribution in [0.3, 0.4) is 0 Å². The summed E-state index contributed by atoms with van der Waals surface area (Å²) in [5.41, 5.74) is 0.504. The van der Waals surface area contributed by atoms with Gasteiger partial charge in [-0.2, -0.15) is 0 Å². The molecule has 0 fully saturated rings. The Morgan fingerprint density at radius 3 is 2.71 bits per heavy atom. The van der Waals surface area contributed by atoms with Crippen LogP contribution in [0.1, 0.15) is 18.7 Å². The quantitative estimate of drug-likeness (QED) is 0.556. The van der Waals surface area contributed by atoms with Crippen LogP contribution in [0, 0.1) is 4.91 Å². The molecule has 0 amide bonds. The third-order valence-electron chi connectivity index (χ3n) is 2.55. The average Bonchev–Trinajstić information content (AvgIpc) is 2.38. The Morgan fingerprint density at radius 2 is 2.07 bits per heavy atom. The molecule has 0 spiro atoms. The van der Waals surface area contributed by atoms with Crippen molar-refractivity contribution in [1.82, 2.24) is 9.13 Å². The highest BCUT2D eigenvalue weighted by Gasteiger charge is 2.33. The van der Waals surface area contributed by atoms with Gasteiger partial charge in [0, 0.05) is 14.1 Å². The molecular formula is C8H11N4O2+. The molecule has 0 aromatic carbocycles. The first kappa shape index (κ1) is 8.86. The zero-order chi connectivity index (χ0) is 10.5. The monoisotopic (exact) mass is 195 g/mol. The van der Waals surface area contributed by atoms with Crippen molar-refractivity contribution in [2.75, 3.05) is 0 Å². The van der Waals surface area contributed by atoms with Gasteiger partial charge < -0.3 is 0 Å². The van der Waals surface area contributed by atoms with E-state index < -0.39 is 0 Å². The summed E-state index contributed by atoms with van der Waals surface area (Å²) in [5.74, 6) is 0.567. The van der Waals surface area contributed by atoms with Gasteiger partial charge in [-0.3, -0.25) is 9.13 Å². The van der Waals surface area contributed by atoms with E-state index in [4.69, 9.17) is 0 Å². The molecule has 2 heterocycles. The summed E-state index contributed by atoms with van der Waals surface area (Å²) in [6.07, 6.45) is 1.20. The van der Waals surface area contributed by atoms with E-state index in [0.717, 1.165) is 4.76 Å². The van der Waals surface area contributed by atoms with Crippen molar-refractivity contribution in [3.05, 3.63) is 21.1 Å². The van der Waals surface area contributed by atoms with Crippen LogP contribution >= 0.6 is 0 Å². The Kier molecular flexibility index (Phi) is 1.67. The molecule has 1 aromatic rings. The molecule has 1 aromatic heterocycles. The summed E-state index contributed by atoms with van der Waals surface area (Å²) in [6.45, 7) is 1.75. The molecule has 2 rings (SSSR count). The first-order chi connectivity index (χ1) is 6.54.